The van der Waals surface area contributed by atoms with Crippen molar-refractivity contribution in [1.82, 2.24) is 4.90 Å². The van der Waals surface area contributed by atoms with Gasteiger partial charge in [-0.05, 0) is 24.9 Å². The first kappa shape index (κ1) is 12.2. The second-order valence-corrected chi connectivity index (χ2v) is 4.75. The van der Waals surface area contributed by atoms with Crippen molar-refractivity contribution < 1.29 is 9.90 Å². The molecule has 3 nitrogen and oxygen atoms in total. The lowest BCUT2D eigenvalue weighted by Gasteiger charge is -2.19. The van der Waals surface area contributed by atoms with E-state index in [1.54, 1.807) is 11.3 Å². The minimum absolute atomic E-state index is 0.255. The van der Waals surface area contributed by atoms with Gasteiger partial charge in [-0.15, -0.1) is 11.3 Å². The van der Waals surface area contributed by atoms with Crippen molar-refractivity contribution in [3.8, 4) is 0 Å². The van der Waals surface area contributed by atoms with Crippen molar-refractivity contribution in [2.75, 3.05) is 13.6 Å². The number of carbonyl (C=O) groups is 1. The molecule has 0 aliphatic rings. The number of aliphatic carboxylic acids is 1. The first-order valence-electron chi connectivity index (χ1n) is 5.07. The molecule has 15 heavy (non-hydrogen) atoms. The molecule has 4 heteroatoms. The average molecular weight is 227 g/mol. The zero-order chi connectivity index (χ0) is 11.3. The van der Waals surface area contributed by atoms with Crippen LogP contribution in [0.3, 0.4) is 0 Å². The van der Waals surface area contributed by atoms with E-state index < -0.39 is 5.97 Å². The summed E-state index contributed by atoms with van der Waals surface area (Å²) in [7, 11) is 1.96. The number of carboxylic acid groups (broad SMARTS) is 1. The Morgan fingerprint density at radius 3 is 2.87 bits per heavy atom. The summed E-state index contributed by atoms with van der Waals surface area (Å²) >= 11 is 1.71. The summed E-state index contributed by atoms with van der Waals surface area (Å²) in [6, 6.07) is 4.09. The molecule has 1 atom stereocenters. The quantitative estimate of drug-likeness (QED) is 0.810. The first-order chi connectivity index (χ1) is 7.13. The van der Waals surface area contributed by atoms with E-state index in [0.29, 0.717) is 13.0 Å². The lowest BCUT2D eigenvalue weighted by atomic mass is 10.1. The highest BCUT2D eigenvalue weighted by Gasteiger charge is 2.17. The van der Waals surface area contributed by atoms with Crippen molar-refractivity contribution in [3.05, 3.63) is 22.4 Å². The minimum Gasteiger partial charge on any atom is -0.481 e. The van der Waals surface area contributed by atoms with Crippen molar-refractivity contribution in [2.45, 2.75) is 19.9 Å². The van der Waals surface area contributed by atoms with Crippen molar-refractivity contribution in [3.63, 3.8) is 0 Å². The van der Waals surface area contributed by atoms with Crippen LogP contribution >= 0.6 is 11.3 Å². The molecule has 0 radical (unpaired) electrons. The molecule has 0 aromatic carbocycles. The van der Waals surface area contributed by atoms with Gasteiger partial charge in [0.15, 0.2) is 0 Å². The Labute approximate surface area is 94.3 Å². The van der Waals surface area contributed by atoms with Crippen LogP contribution in [0, 0.1) is 5.92 Å². The maximum atomic E-state index is 10.8. The van der Waals surface area contributed by atoms with Crippen LogP contribution in [0.2, 0.25) is 0 Å². The zero-order valence-electron chi connectivity index (χ0n) is 9.14. The Morgan fingerprint density at radius 1 is 1.67 bits per heavy atom. The highest BCUT2D eigenvalue weighted by atomic mass is 32.1. The predicted octanol–water partition coefficient (Wildman–Crippen LogP) is 2.29. The van der Waals surface area contributed by atoms with Gasteiger partial charge in [0.25, 0.3) is 0 Å². The van der Waals surface area contributed by atoms with E-state index in [2.05, 4.69) is 11.0 Å². The molecule has 84 valence electrons. The summed E-state index contributed by atoms with van der Waals surface area (Å²) < 4.78 is 0. The molecule has 0 aliphatic heterocycles. The van der Waals surface area contributed by atoms with Crippen molar-refractivity contribution >= 4 is 17.3 Å². The normalized spacial score (nSPS) is 13.0. The molecular weight excluding hydrogens is 210 g/mol. The summed E-state index contributed by atoms with van der Waals surface area (Å²) in [5.41, 5.74) is 0. The van der Waals surface area contributed by atoms with E-state index in [-0.39, 0.29) is 5.92 Å². The van der Waals surface area contributed by atoms with Crippen LogP contribution in [0.5, 0.6) is 0 Å². The molecule has 0 bridgehead atoms. The number of rotatable bonds is 6. The summed E-state index contributed by atoms with van der Waals surface area (Å²) in [6.07, 6.45) is 0.685. The fourth-order valence-corrected chi connectivity index (χ4v) is 2.28. The topological polar surface area (TPSA) is 40.5 Å². The number of nitrogens with zero attached hydrogens (tertiary/aromatic N) is 1. The third-order valence-corrected chi connectivity index (χ3v) is 3.24. The van der Waals surface area contributed by atoms with Gasteiger partial charge in [-0.1, -0.05) is 13.0 Å². The number of hydrogen-bond donors (Lipinski definition) is 1. The maximum absolute atomic E-state index is 10.8. The third-order valence-electron chi connectivity index (χ3n) is 2.38. The Kier molecular flexibility index (Phi) is 4.78. The van der Waals surface area contributed by atoms with Gasteiger partial charge in [-0.25, -0.2) is 0 Å². The summed E-state index contributed by atoms with van der Waals surface area (Å²) in [5, 5.41) is 11.0. The average Bonchev–Trinajstić information content (AvgIpc) is 2.66. The minimum atomic E-state index is -0.699. The van der Waals surface area contributed by atoms with E-state index in [4.69, 9.17) is 5.11 Å². The number of carboxylic acids is 1. The van der Waals surface area contributed by atoms with Crippen LogP contribution in [0.1, 0.15) is 18.2 Å². The Morgan fingerprint density at radius 2 is 2.40 bits per heavy atom. The third kappa shape index (κ3) is 4.01. The van der Waals surface area contributed by atoms with E-state index in [0.717, 1.165) is 6.54 Å². The van der Waals surface area contributed by atoms with Gasteiger partial charge in [-0.3, -0.25) is 4.79 Å². The number of thiophene rings is 1. The van der Waals surface area contributed by atoms with Gasteiger partial charge < -0.3 is 10.0 Å². The van der Waals surface area contributed by atoms with Gasteiger partial charge in [-0.2, -0.15) is 0 Å². The molecule has 1 N–H and O–H groups in total. The van der Waals surface area contributed by atoms with Crippen LogP contribution in [0.15, 0.2) is 17.5 Å². The highest BCUT2D eigenvalue weighted by Crippen LogP contribution is 2.13. The van der Waals surface area contributed by atoms with E-state index in [1.807, 2.05) is 25.4 Å². The smallest absolute Gasteiger partial charge is 0.307 e. The first-order valence-corrected chi connectivity index (χ1v) is 5.95. The van der Waals surface area contributed by atoms with Gasteiger partial charge in [0, 0.05) is 18.0 Å². The molecule has 0 saturated heterocycles. The molecule has 0 aliphatic carbocycles. The second kappa shape index (κ2) is 5.88. The Bertz CT molecular complexity index is 298. The monoisotopic (exact) mass is 227 g/mol. The summed E-state index contributed by atoms with van der Waals surface area (Å²) in [4.78, 5) is 14.2. The molecule has 1 rings (SSSR count). The van der Waals surface area contributed by atoms with E-state index in [1.165, 1.54) is 4.88 Å². The predicted molar refractivity (Wildman–Crippen MR) is 62.1 cm³/mol. The van der Waals surface area contributed by atoms with Crippen LogP contribution in [-0.4, -0.2) is 29.6 Å². The van der Waals surface area contributed by atoms with Gasteiger partial charge >= 0.3 is 5.97 Å². The standard InChI is InChI=1S/C11H17NO2S/c1-3-9(11(13)14)7-12(2)8-10-5-4-6-15-10/h4-6,9H,3,7-8H2,1-2H3,(H,13,14). The maximum Gasteiger partial charge on any atom is 0.307 e. The molecule has 0 spiro atoms. The molecule has 0 amide bonds. The molecule has 1 aromatic heterocycles. The van der Waals surface area contributed by atoms with Gasteiger partial charge in [0.1, 0.15) is 0 Å². The zero-order valence-corrected chi connectivity index (χ0v) is 9.96. The SMILES string of the molecule is CCC(CN(C)Cc1cccs1)C(=O)O. The van der Waals surface area contributed by atoms with Crippen molar-refractivity contribution in [1.29, 1.82) is 0 Å². The van der Waals surface area contributed by atoms with E-state index in [9.17, 15) is 4.79 Å². The lowest BCUT2D eigenvalue weighted by Crippen LogP contribution is -2.29. The van der Waals surface area contributed by atoms with Crippen LogP contribution in [0.4, 0.5) is 0 Å². The fraction of sp³-hybridized carbons (Fsp3) is 0.545. The van der Waals surface area contributed by atoms with Gasteiger partial charge in [0.2, 0.25) is 0 Å². The van der Waals surface area contributed by atoms with E-state index >= 15 is 0 Å². The largest absolute Gasteiger partial charge is 0.481 e. The molecule has 0 fully saturated rings. The summed E-state index contributed by atoms with van der Waals surface area (Å²) in [5.74, 6) is -0.953. The Hall–Kier alpha value is -0.870. The van der Waals surface area contributed by atoms with Crippen LogP contribution < -0.4 is 0 Å². The fourth-order valence-electron chi connectivity index (χ4n) is 1.49. The Balaban J connectivity index is 2.41. The molecular formula is C11H17NO2S. The molecule has 0 saturated carbocycles. The van der Waals surface area contributed by atoms with Gasteiger partial charge in [0.05, 0.1) is 5.92 Å². The second-order valence-electron chi connectivity index (χ2n) is 3.72. The van der Waals surface area contributed by atoms with Crippen molar-refractivity contribution in [2.24, 2.45) is 5.92 Å². The highest BCUT2D eigenvalue weighted by molar-refractivity contribution is 7.09. The van der Waals surface area contributed by atoms with Crippen LogP contribution in [0.25, 0.3) is 0 Å². The number of hydrogen-bond acceptors (Lipinski definition) is 3. The van der Waals surface area contributed by atoms with Crippen LogP contribution in [-0.2, 0) is 11.3 Å². The molecule has 1 unspecified atom stereocenters. The molecule has 1 heterocycles. The molecule has 1 aromatic rings. The lowest BCUT2D eigenvalue weighted by molar-refractivity contribution is -0.142. The summed E-state index contributed by atoms with van der Waals surface area (Å²) in [6.45, 7) is 3.36.